The van der Waals surface area contributed by atoms with E-state index in [1.54, 1.807) is 29.9 Å². The van der Waals surface area contributed by atoms with Gasteiger partial charge in [-0.2, -0.15) is 11.3 Å². The Morgan fingerprint density at radius 3 is 2.92 bits per heavy atom. The van der Waals surface area contributed by atoms with Gasteiger partial charge in [0.05, 0.1) is 23.5 Å². The van der Waals surface area contributed by atoms with Gasteiger partial charge in [-0.3, -0.25) is 14.8 Å². The number of fused-ring (bicyclic) bond motifs is 1. The third-order valence-corrected chi connectivity index (χ3v) is 4.50. The van der Waals surface area contributed by atoms with Crippen molar-refractivity contribution in [1.82, 2.24) is 20.3 Å². The number of nitrogens with zero attached hydrogens (tertiary/aromatic N) is 2. The fraction of sp³-hybridized carbons (Fsp3) is 0.0556. The van der Waals surface area contributed by atoms with Gasteiger partial charge in [0.1, 0.15) is 0 Å². The number of benzene rings is 1. The van der Waals surface area contributed by atoms with Crippen LogP contribution in [0.25, 0.3) is 22.2 Å². The summed E-state index contributed by atoms with van der Waals surface area (Å²) in [5.41, 5.74) is 4.15. The largest absolute Gasteiger partial charge is 0.360 e. The second kappa shape index (κ2) is 6.25. The van der Waals surface area contributed by atoms with Crippen molar-refractivity contribution < 1.29 is 4.79 Å². The number of H-pyrrole nitrogens is 1. The van der Waals surface area contributed by atoms with Crippen LogP contribution in [0.4, 0.5) is 0 Å². The summed E-state index contributed by atoms with van der Waals surface area (Å²) >= 11 is 1.61. The fourth-order valence-electron chi connectivity index (χ4n) is 2.66. The first-order valence-corrected chi connectivity index (χ1v) is 8.44. The molecule has 5 nitrogen and oxygen atoms in total. The maximum Gasteiger partial charge on any atom is 0.253 e. The van der Waals surface area contributed by atoms with Gasteiger partial charge in [0.15, 0.2) is 0 Å². The highest BCUT2D eigenvalue weighted by atomic mass is 32.1. The Morgan fingerprint density at radius 1 is 1.17 bits per heavy atom. The molecular formula is C18H14N4OS. The molecular weight excluding hydrogens is 320 g/mol. The highest BCUT2D eigenvalue weighted by Crippen LogP contribution is 2.22. The van der Waals surface area contributed by atoms with E-state index in [1.165, 1.54) is 0 Å². The molecule has 1 amide bonds. The number of thiophene rings is 1. The van der Waals surface area contributed by atoms with Crippen molar-refractivity contribution in [2.75, 3.05) is 0 Å². The molecule has 0 aliphatic rings. The Kier molecular flexibility index (Phi) is 3.80. The van der Waals surface area contributed by atoms with Crippen molar-refractivity contribution in [3.63, 3.8) is 0 Å². The van der Waals surface area contributed by atoms with E-state index >= 15 is 0 Å². The molecule has 0 saturated heterocycles. The number of amides is 1. The number of carbonyl (C=O) groups is 1. The fourth-order valence-corrected chi connectivity index (χ4v) is 3.30. The van der Waals surface area contributed by atoms with Crippen molar-refractivity contribution in [2.24, 2.45) is 0 Å². The van der Waals surface area contributed by atoms with Gasteiger partial charge in [-0.05, 0) is 17.5 Å². The van der Waals surface area contributed by atoms with E-state index in [0.717, 1.165) is 27.9 Å². The molecule has 0 fully saturated rings. The van der Waals surface area contributed by atoms with Crippen LogP contribution in [0.5, 0.6) is 0 Å². The summed E-state index contributed by atoms with van der Waals surface area (Å²) in [6.45, 7) is 0.331. The lowest BCUT2D eigenvalue weighted by Gasteiger charge is -2.07. The average Bonchev–Trinajstić information content (AvgIpc) is 3.29. The number of para-hydroxylation sites is 1. The van der Waals surface area contributed by atoms with Crippen LogP contribution >= 0.6 is 11.3 Å². The van der Waals surface area contributed by atoms with Crippen LogP contribution < -0.4 is 5.32 Å². The maximum absolute atomic E-state index is 12.5. The zero-order valence-electron chi connectivity index (χ0n) is 12.7. The Balaban J connectivity index is 1.56. The van der Waals surface area contributed by atoms with Crippen molar-refractivity contribution in [3.05, 3.63) is 70.9 Å². The summed E-state index contributed by atoms with van der Waals surface area (Å²) in [6, 6.07) is 9.74. The van der Waals surface area contributed by atoms with Crippen LogP contribution in [0.15, 0.2) is 59.7 Å². The summed E-state index contributed by atoms with van der Waals surface area (Å²) in [5, 5.41) is 7.87. The molecule has 1 aromatic carbocycles. The summed E-state index contributed by atoms with van der Waals surface area (Å²) in [4.78, 5) is 24.4. The topological polar surface area (TPSA) is 70.7 Å². The number of carbonyl (C=O) groups excluding carboxylic acids is 1. The molecule has 4 rings (SSSR count). The molecule has 0 spiro atoms. The predicted octanol–water partition coefficient (Wildman–Crippen LogP) is 3.62. The molecule has 0 radical (unpaired) electrons. The molecule has 24 heavy (non-hydrogen) atoms. The molecule has 0 saturated carbocycles. The van der Waals surface area contributed by atoms with E-state index in [0.29, 0.717) is 12.1 Å². The lowest BCUT2D eigenvalue weighted by Crippen LogP contribution is -2.23. The zero-order valence-corrected chi connectivity index (χ0v) is 13.5. The van der Waals surface area contributed by atoms with Gasteiger partial charge in [-0.1, -0.05) is 18.2 Å². The lowest BCUT2D eigenvalue weighted by molar-refractivity contribution is 0.0952. The van der Waals surface area contributed by atoms with E-state index in [4.69, 9.17) is 0 Å². The molecule has 2 N–H and O–H groups in total. The van der Waals surface area contributed by atoms with E-state index in [1.807, 2.05) is 41.1 Å². The van der Waals surface area contributed by atoms with Gasteiger partial charge in [-0.25, -0.2) is 0 Å². The van der Waals surface area contributed by atoms with Crippen LogP contribution in [0.2, 0.25) is 0 Å². The van der Waals surface area contributed by atoms with Gasteiger partial charge in [0.2, 0.25) is 0 Å². The summed E-state index contributed by atoms with van der Waals surface area (Å²) in [6.07, 6.45) is 5.04. The molecule has 4 aromatic rings. The van der Waals surface area contributed by atoms with Crippen LogP contribution in [0.3, 0.4) is 0 Å². The van der Waals surface area contributed by atoms with Crippen molar-refractivity contribution in [3.8, 4) is 11.3 Å². The molecule has 0 bridgehead atoms. The molecule has 3 aromatic heterocycles. The third kappa shape index (κ3) is 2.68. The first-order valence-electron chi connectivity index (χ1n) is 7.49. The zero-order chi connectivity index (χ0) is 16.4. The van der Waals surface area contributed by atoms with Gasteiger partial charge < -0.3 is 10.3 Å². The Bertz CT molecular complexity index is 991. The minimum absolute atomic E-state index is 0.130. The van der Waals surface area contributed by atoms with E-state index in [-0.39, 0.29) is 5.91 Å². The molecule has 118 valence electrons. The Labute approximate surface area is 142 Å². The standard InChI is InChI=1S/C18H14N4OS/c23-18(14-9-21-15-4-2-1-3-13(14)15)22-10-16-17(20-7-6-19-16)12-5-8-24-11-12/h1-9,11,21H,10H2,(H,22,23). The van der Waals surface area contributed by atoms with E-state index in [9.17, 15) is 4.79 Å². The van der Waals surface area contributed by atoms with Crippen LogP contribution in [0.1, 0.15) is 16.1 Å². The maximum atomic E-state index is 12.5. The quantitative estimate of drug-likeness (QED) is 0.599. The summed E-state index contributed by atoms with van der Waals surface area (Å²) in [5.74, 6) is -0.130. The molecule has 0 atom stereocenters. The first-order chi connectivity index (χ1) is 11.8. The van der Waals surface area contributed by atoms with Gasteiger partial charge in [0, 0.05) is 40.4 Å². The van der Waals surface area contributed by atoms with Gasteiger partial charge in [0.25, 0.3) is 5.91 Å². The average molecular weight is 334 g/mol. The van der Waals surface area contributed by atoms with Crippen molar-refractivity contribution in [2.45, 2.75) is 6.54 Å². The van der Waals surface area contributed by atoms with E-state index in [2.05, 4.69) is 20.3 Å². The number of hydrogen-bond acceptors (Lipinski definition) is 4. The number of rotatable bonds is 4. The molecule has 0 aliphatic heterocycles. The SMILES string of the molecule is O=C(NCc1nccnc1-c1ccsc1)c1c[nH]c2ccccc12. The summed E-state index contributed by atoms with van der Waals surface area (Å²) in [7, 11) is 0. The Morgan fingerprint density at radius 2 is 2.04 bits per heavy atom. The Hall–Kier alpha value is -2.99. The number of aromatic amines is 1. The minimum atomic E-state index is -0.130. The van der Waals surface area contributed by atoms with Gasteiger partial charge in [-0.15, -0.1) is 0 Å². The van der Waals surface area contributed by atoms with Crippen LogP contribution in [-0.4, -0.2) is 20.9 Å². The number of hydrogen-bond donors (Lipinski definition) is 2. The lowest BCUT2D eigenvalue weighted by atomic mass is 10.1. The van der Waals surface area contributed by atoms with Crippen LogP contribution in [-0.2, 0) is 6.54 Å². The number of aromatic nitrogens is 3. The van der Waals surface area contributed by atoms with Crippen LogP contribution in [0, 0.1) is 0 Å². The minimum Gasteiger partial charge on any atom is -0.360 e. The highest BCUT2D eigenvalue weighted by Gasteiger charge is 2.13. The molecule has 0 aliphatic carbocycles. The highest BCUT2D eigenvalue weighted by molar-refractivity contribution is 7.08. The van der Waals surface area contributed by atoms with Crippen molar-refractivity contribution >= 4 is 28.1 Å². The monoisotopic (exact) mass is 334 g/mol. The second-order valence-electron chi connectivity index (χ2n) is 5.29. The molecule has 6 heteroatoms. The van der Waals surface area contributed by atoms with E-state index < -0.39 is 0 Å². The molecule has 0 unspecified atom stereocenters. The second-order valence-corrected chi connectivity index (χ2v) is 6.07. The summed E-state index contributed by atoms with van der Waals surface area (Å²) < 4.78 is 0. The third-order valence-electron chi connectivity index (χ3n) is 3.82. The predicted molar refractivity (Wildman–Crippen MR) is 94.8 cm³/mol. The smallest absolute Gasteiger partial charge is 0.253 e. The number of nitrogens with one attached hydrogen (secondary N) is 2. The first kappa shape index (κ1) is 14.6. The van der Waals surface area contributed by atoms with Crippen molar-refractivity contribution in [1.29, 1.82) is 0 Å². The van der Waals surface area contributed by atoms with Gasteiger partial charge >= 0.3 is 0 Å². The normalized spacial score (nSPS) is 10.8. The molecule has 3 heterocycles.